The molecule has 0 aliphatic rings. The molecule has 4 nitrogen and oxygen atoms in total. The maximum Gasteiger partial charge on any atom is 0.288 e. The third-order valence-electron chi connectivity index (χ3n) is 3.64. The van der Waals surface area contributed by atoms with Gasteiger partial charge in [-0.2, -0.15) is 13.9 Å². The number of carbonyl (C=O) groups excluding carboxylic acids is 1. The van der Waals surface area contributed by atoms with Crippen molar-refractivity contribution in [2.24, 2.45) is 7.05 Å². The van der Waals surface area contributed by atoms with Gasteiger partial charge in [0.05, 0.1) is 11.4 Å². The summed E-state index contributed by atoms with van der Waals surface area (Å²) in [4.78, 5) is 12.5. The van der Waals surface area contributed by atoms with Crippen molar-refractivity contribution in [1.82, 2.24) is 9.78 Å². The number of hydrogen-bond acceptors (Lipinski definition) is 3. The van der Waals surface area contributed by atoms with E-state index in [9.17, 15) is 13.6 Å². The molecule has 23 heavy (non-hydrogen) atoms. The molecular formula is C16H19F2N3OS. The van der Waals surface area contributed by atoms with Crippen LogP contribution in [0.5, 0.6) is 0 Å². The van der Waals surface area contributed by atoms with Crippen LogP contribution in [-0.4, -0.2) is 21.4 Å². The number of rotatable bonds is 6. The van der Waals surface area contributed by atoms with Crippen LogP contribution >= 0.6 is 11.8 Å². The van der Waals surface area contributed by atoms with Gasteiger partial charge < -0.3 is 5.32 Å². The Bertz CT molecular complexity index is 701. The zero-order chi connectivity index (χ0) is 17.0. The van der Waals surface area contributed by atoms with Crippen molar-refractivity contribution >= 4 is 23.4 Å². The van der Waals surface area contributed by atoms with E-state index in [1.54, 1.807) is 28.9 Å². The van der Waals surface area contributed by atoms with Gasteiger partial charge >= 0.3 is 0 Å². The number of halogens is 2. The minimum Gasteiger partial charge on any atom is -0.325 e. The summed E-state index contributed by atoms with van der Waals surface area (Å²) in [6, 6.07) is 6.58. The predicted molar refractivity (Wildman–Crippen MR) is 87.9 cm³/mol. The molecule has 0 unspecified atom stereocenters. The number of amides is 1. The lowest BCUT2D eigenvalue weighted by Crippen LogP contribution is -2.13. The number of para-hydroxylation sites is 1. The number of nitrogens with zero attached hydrogens (tertiary/aromatic N) is 2. The number of anilines is 1. The summed E-state index contributed by atoms with van der Waals surface area (Å²) >= 11 is 0.428. The van der Waals surface area contributed by atoms with Crippen molar-refractivity contribution in [1.29, 1.82) is 0 Å². The Morgan fingerprint density at radius 3 is 2.65 bits per heavy atom. The molecule has 0 fully saturated rings. The quantitative estimate of drug-likeness (QED) is 0.812. The van der Waals surface area contributed by atoms with Crippen LogP contribution in [0.15, 0.2) is 29.2 Å². The minimum absolute atomic E-state index is 0.199. The number of aryl methyl sites for hydroxylation is 2. The molecule has 0 atom stereocenters. The van der Waals surface area contributed by atoms with Gasteiger partial charge in [0.15, 0.2) is 0 Å². The number of benzene rings is 1. The van der Waals surface area contributed by atoms with E-state index in [1.807, 2.05) is 20.9 Å². The van der Waals surface area contributed by atoms with E-state index in [0.717, 1.165) is 17.0 Å². The Morgan fingerprint density at radius 1 is 1.35 bits per heavy atom. The molecule has 2 rings (SSSR count). The van der Waals surface area contributed by atoms with E-state index in [1.165, 1.54) is 0 Å². The first-order valence-corrected chi connectivity index (χ1v) is 8.09. The first-order chi connectivity index (χ1) is 10.9. The molecule has 0 radical (unpaired) electrons. The van der Waals surface area contributed by atoms with Gasteiger partial charge in [-0.3, -0.25) is 9.48 Å². The highest BCUT2D eigenvalue weighted by Gasteiger charge is 2.14. The smallest absolute Gasteiger partial charge is 0.288 e. The van der Waals surface area contributed by atoms with Crippen LogP contribution in [0.2, 0.25) is 0 Å². The SMILES string of the molecule is Cc1nn(C)c(C)c1CCC(=O)Nc1ccccc1SC(F)F. The van der Waals surface area contributed by atoms with Gasteiger partial charge in [0, 0.05) is 24.1 Å². The van der Waals surface area contributed by atoms with E-state index >= 15 is 0 Å². The average Bonchev–Trinajstić information content (AvgIpc) is 2.72. The van der Waals surface area contributed by atoms with Gasteiger partial charge in [-0.15, -0.1) is 0 Å². The van der Waals surface area contributed by atoms with Crippen molar-refractivity contribution in [3.05, 3.63) is 41.2 Å². The third kappa shape index (κ3) is 4.54. The van der Waals surface area contributed by atoms with Crippen LogP contribution in [0.4, 0.5) is 14.5 Å². The Kier molecular flexibility index (Phi) is 5.76. The second kappa shape index (κ2) is 7.59. The highest BCUT2D eigenvalue weighted by molar-refractivity contribution is 7.99. The molecule has 1 N–H and O–H groups in total. The summed E-state index contributed by atoms with van der Waals surface area (Å²) in [7, 11) is 1.86. The fourth-order valence-electron chi connectivity index (χ4n) is 2.40. The highest BCUT2D eigenvalue weighted by Crippen LogP contribution is 2.31. The Balaban J connectivity index is 2.00. The second-order valence-electron chi connectivity index (χ2n) is 5.20. The lowest BCUT2D eigenvalue weighted by molar-refractivity contribution is -0.116. The molecule has 7 heteroatoms. The molecule has 0 saturated heterocycles. The molecule has 0 saturated carbocycles. The Labute approximate surface area is 138 Å². The van der Waals surface area contributed by atoms with Crippen LogP contribution in [0.1, 0.15) is 23.4 Å². The van der Waals surface area contributed by atoms with Crippen molar-refractivity contribution in [3.63, 3.8) is 0 Å². The Morgan fingerprint density at radius 2 is 2.04 bits per heavy atom. The zero-order valence-corrected chi connectivity index (χ0v) is 14.1. The molecule has 2 aromatic rings. The molecule has 0 aliphatic heterocycles. The van der Waals surface area contributed by atoms with E-state index in [-0.39, 0.29) is 12.3 Å². The molecule has 1 heterocycles. The zero-order valence-electron chi connectivity index (χ0n) is 13.3. The second-order valence-corrected chi connectivity index (χ2v) is 6.23. The van der Waals surface area contributed by atoms with Crippen molar-refractivity contribution in [2.75, 3.05) is 5.32 Å². The number of aromatic nitrogens is 2. The van der Waals surface area contributed by atoms with E-state index in [0.29, 0.717) is 28.8 Å². The molecule has 0 spiro atoms. The monoisotopic (exact) mass is 339 g/mol. The molecule has 0 bridgehead atoms. The fourth-order valence-corrected chi connectivity index (χ4v) is 2.99. The maximum absolute atomic E-state index is 12.5. The highest BCUT2D eigenvalue weighted by atomic mass is 32.2. The van der Waals surface area contributed by atoms with Gasteiger partial charge in [0.25, 0.3) is 5.76 Å². The van der Waals surface area contributed by atoms with Crippen LogP contribution in [0.25, 0.3) is 0 Å². The van der Waals surface area contributed by atoms with Gasteiger partial charge in [-0.25, -0.2) is 0 Å². The van der Waals surface area contributed by atoms with Crippen LogP contribution in [0.3, 0.4) is 0 Å². The Hall–Kier alpha value is -1.89. The van der Waals surface area contributed by atoms with Crippen LogP contribution in [-0.2, 0) is 18.3 Å². The fraction of sp³-hybridized carbons (Fsp3) is 0.375. The van der Waals surface area contributed by atoms with E-state index in [4.69, 9.17) is 0 Å². The van der Waals surface area contributed by atoms with Crippen LogP contribution < -0.4 is 5.32 Å². The topological polar surface area (TPSA) is 46.9 Å². The van der Waals surface area contributed by atoms with Crippen molar-refractivity contribution in [2.45, 2.75) is 37.3 Å². The summed E-state index contributed by atoms with van der Waals surface area (Å²) in [6.07, 6.45) is 0.850. The van der Waals surface area contributed by atoms with E-state index < -0.39 is 5.76 Å². The lowest BCUT2D eigenvalue weighted by atomic mass is 10.1. The minimum atomic E-state index is -2.52. The number of thioether (sulfide) groups is 1. The van der Waals surface area contributed by atoms with Gasteiger partial charge in [0.2, 0.25) is 5.91 Å². The maximum atomic E-state index is 12.5. The lowest BCUT2D eigenvalue weighted by Gasteiger charge is -2.10. The largest absolute Gasteiger partial charge is 0.325 e. The molecule has 1 aromatic carbocycles. The van der Waals surface area contributed by atoms with Gasteiger partial charge in [0.1, 0.15) is 0 Å². The summed E-state index contributed by atoms with van der Waals surface area (Å²) in [6.45, 7) is 3.87. The summed E-state index contributed by atoms with van der Waals surface area (Å²) < 4.78 is 26.9. The number of alkyl halides is 2. The van der Waals surface area contributed by atoms with Crippen LogP contribution in [0, 0.1) is 13.8 Å². The first kappa shape index (κ1) is 17.5. The summed E-state index contributed by atoms with van der Waals surface area (Å²) in [5.74, 6) is -2.72. The van der Waals surface area contributed by atoms with E-state index in [2.05, 4.69) is 10.4 Å². The first-order valence-electron chi connectivity index (χ1n) is 7.21. The number of hydrogen-bond donors (Lipinski definition) is 1. The molecule has 0 aliphatic carbocycles. The number of carbonyl (C=O) groups is 1. The van der Waals surface area contributed by atoms with Crippen molar-refractivity contribution in [3.8, 4) is 0 Å². The molecule has 1 amide bonds. The average molecular weight is 339 g/mol. The molecule has 124 valence electrons. The van der Waals surface area contributed by atoms with Gasteiger partial charge in [-0.05, 0) is 38.0 Å². The summed E-state index contributed by atoms with van der Waals surface area (Å²) in [5.41, 5.74) is 3.41. The van der Waals surface area contributed by atoms with Gasteiger partial charge in [-0.1, -0.05) is 23.9 Å². The third-order valence-corrected chi connectivity index (χ3v) is 4.43. The molecule has 1 aromatic heterocycles. The standard InChI is InChI=1S/C16H19F2N3OS/c1-10-12(11(2)21(3)20-10)8-9-15(22)19-13-6-4-5-7-14(13)23-16(17)18/h4-7,16H,8-9H2,1-3H3,(H,19,22). The normalized spacial score (nSPS) is 11.0. The predicted octanol–water partition coefficient (Wildman–Crippen LogP) is 3.92. The van der Waals surface area contributed by atoms with Crippen molar-refractivity contribution < 1.29 is 13.6 Å². The molecular weight excluding hydrogens is 320 g/mol. The summed E-state index contributed by atoms with van der Waals surface area (Å²) in [5, 5.41) is 7.03. The number of nitrogens with one attached hydrogen (secondary N) is 1.